The summed E-state index contributed by atoms with van der Waals surface area (Å²) in [5.74, 6) is 0. The van der Waals surface area contributed by atoms with E-state index in [9.17, 15) is 20.2 Å². The van der Waals surface area contributed by atoms with E-state index in [1.165, 1.54) is 6.07 Å². The third-order valence-electron chi connectivity index (χ3n) is 4.24. The van der Waals surface area contributed by atoms with Crippen molar-refractivity contribution in [1.82, 2.24) is 10.9 Å². The average Bonchev–Trinajstić information content (AvgIpc) is 2.70. The predicted molar refractivity (Wildman–Crippen MR) is 104 cm³/mol. The number of nitro groups is 2. The molecule has 3 rings (SSSR count). The van der Waals surface area contributed by atoms with Crippen molar-refractivity contribution in [2.75, 3.05) is 0 Å². The summed E-state index contributed by atoms with van der Waals surface area (Å²) >= 11 is 0. The highest BCUT2D eigenvalue weighted by Crippen LogP contribution is 2.33. The van der Waals surface area contributed by atoms with E-state index in [-0.39, 0.29) is 17.4 Å². The van der Waals surface area contributed by atoms with E-state index in [2.05, 4.69) is 10.9 Å². The molecule has 141 valence electrons. The number of aryl methyl sites for hydroxylation is 1. The summed E-state index contributed by atoms with van der Waals surface area (Å²) in [6, 6.07) is 20.9. The zero-order valence-electron chi connectivity index (χ0n) is 15.0. The first-order chi connectivity index (χ1) is 13.5. The molecule has 0 atom stereocenters. The Morgan fingerprint density at radius 3 is 1.86 bits per heavy atom. The maximum atomic E-state index is 11.4. The van der Waals surface area contributed by atoms with Crippen LogP contribution in [0.2, 0.25) is 0 Å². The van der Waals surface area contributed by atoms with E-state index < -0.39 is 15.5 Å². The fraction of sp³-hybridized carbons (Fsp3) is 0.100. The van der Waals surface area contributed by atoms with Crippen LogP contribution in [0.3, 0.4) is 0 Å². The first kappa shape index (κ1) is 19.0. The van der Waals surface area contributed by atoms with Crippen molar-refractivity contribution in [2.24, 2.45) is 0 Å². The minimum atomic E-state index is -0.666. The maximum Gasteiger partial charge on any atom is 0.303 e. The Morgan fingerprint density at radius 1 is 0.857 bits per heavy atom. The van der Waals surface area contributed by atoms with Crippen molar-refractivity contribution in [1.29, 1.82) is 0 Å². The molecule has 0 unspecified atom stereocenters. The molecular weight excluding hydrogens is 360 g/mol. The second kappa shape index (κ2) is 8.28. The molecule has 0 spiro atoms. The molecule has 1 N–H and O–H groups in total. The van der Waals surface area contributed by atoms with Gasteiger partial charge in [0, 0.05) is 6.07 Å². The lowest BCUT2D eigenvalue weighted by Gasteiger charge is -2.19. The number of nitro benzene ring substituents is 2. The van der Waals surface area contributed by atoms with Crippen molar-refractivity contribution < 1.29 is 9.85 Å². The van der Waals surface area contributed by atoms with Gasteiger partial charge >= 0.3 is 5.69 Å². The third-order valence-corrected chi connectivity index (χ3v) is 4.24. The highest BCUT2D eigenvalue weighted by Gasteiger charge is 2.25. The van der Waals surface area contributed by atoms with Crippen molar-refractivity contribution in [3.8, 4) is 0 Å². The zero-order chi connectivity index (χ0) is 20.1. The fourth-order valence-corrected chi connectivity index (χ4v) is 2.89. The van der Waals surface area contributed by atoms with Crippen molar-refractivity contribution >= 4 is 17.1 Å². The van der Waals surface area contributed by atoms with Gasteiger partial charge in [-0.1, -0.05) is 60.7 Å². The molecule has 0 aliphatic rings. The van der Waals surface area contributed by atoms with Gasteiger partial charge in [0.15, 0.2) is 5.69 Å². The Labute approximate surface area is 161 Å². The van der Waals surface area contributed by atoms with Crippen LogP contribution in [0, 0.1) is 27.2 Å². The van der Waals surface area contributed by atoms with Gasteiger partial charge in [-0.05, 0) is 23.6 Å². The van der Waals surface area contributed by atoms with Crippen molar-refractivity contribution in [3.63, 3.8) is 0 Å². The first-order valence-electron chi connectivity index (χ1n) is 8.47. The maximum absolute atomic E-state index is 11.4. The summed E-state index contributed by atoms with van der Waals surface area (Å²) in [5, 5.41) is 22.4. The molecule has 8 nitrogen and oxygen atoms in total. The molecule has 1 radical (unpaired) electrons. The van der Waals surface area contributed by atoms with Crippen LogP contribution in [0.1, 0.15) is 22.7 Å². The molecule has 0 aromatic heterocycles. The third kappa shape index (κ3) is 4.13. The minimum absolute atomic E-state index is 0.0625. The zero-order valence-corrected chi connectivity index (χ0v) is 15.0. The molecule has 0 aliphatic heterocycles. The molecule has 0 heterocycles. The Balaban J connectivity index is 1.96. The van der Waals surface area contributed by atoms with Crippen molar-refractivity contribution in [3.05, 3.63) is 110 Å². The van der Waals surface area contributed by atoms with E-state index in [1.54, 1.807) is 6.92 Å². The van der Waals surface area contributed by atoms with E-state index in [4.69, 9.17) is 0 Å². The summed E-state index contributed by atoms with van der Waals surface area (Å²) < 4.78 is 0. The highest BCUT2D eigenvalue weighted by molar-refractivity contribution is 5.65. The molecule has 0 fully saturated rings. The lowest BCUT2D eigenvalue weighted by molar-refractivity contribution is -0.393. The molecule has 0 amide bonds. The molecule has 3 aromatic carbocycles. The molecule has 28 heavy (non-hydrogen) atoms. The van der Waals surface area contributed by atoms with E-state index in [0.29, 0.717) is 5.56 Å². The topological polar surface area (TPSA) is 112 Å². The van der Waals surface area contributed by atoms with Crippen LogP contribution >= 0.6 is 0 Å². The Morgan fingerprint density at radius 2 is 1.39 bits per heavy atom. The number of nitrogens with one attached hydrogen (secondary N) is 1. The van der Waals surface area contributed by atoms with Crippen LogP contribution in [-0.2, 0) is 0 Å². The second-order valence-electron chi connectivity index (χ2n) is 6.14. The van der Waals surface area contributed by atoms with Gasteiger partial charge in [-0.25, -0.2) is 5.43 Å². The Hall–Kier alpha value is -3.78. The summed E-state index contributed by atoms with van der Waals surface area (Å²) in [6.07, 6.45) is 0. The molecule has 0 bridgehead atoms. The van der Waals surface area contributed by atoms with Gasteiger partial charge in [0.25, 0.3) is 5.69 Å². The van der Waals surface area contributed by atoms with Gasteiger partial charge in [-0.3, -0.25) is 20.2 Å². The fourth-order valence-electron chi connectivity index (χ4n) is 2.89. The van der Waals surface area contributed by atoms with Crippen LogP contribution in [-0.4, -0.2) is 9.85 Å². The summed E-state index contributed by atoms with van der Waals surface area (Å²) in [6.45, 7) is 1.56. The van der Waals surface area contributed by atoms with Gasteiger partial charge in [0.05, 0.1) is 22.0 Å². The summed E-state index contributed by atoms with van der Waals surface area (Å²) in [7, 11) is 0. The number of benzene rings is 3. The van der Waals surface area contributed by atoms with E-state index in [0.717, 1.165) is 17.2 Å². The predicted octanol–water partition coefficient (Wildman–Crippen LogP) is 4.34. The van der Waals surface area contributed by atoms with Gasteiger partial charge in [-0.2, -0.15) is 5.43 Å². The number of non-ortho nitro benzene ring substituents is 1. The van der Waals surface area contributed by atoms with Gasteiger partial charge in [0.2, 0.25) is 0 Å². The van der Waals surface area contributed by atoms with Crippen LogP contribution in [0.15, 0.2) is 72.8 Å². The number of nitrogens with zero attached hydrogens (tertiary/aromatic N) is 3. The second-order valence-corrected chi connectivity index (χ2v) is 6.14. The van der Waals surface area contributed by atoms with Gasteiger partial charge in [-0.15, -0.1) is 0 Å². The van der Waals surface area contributed by atoms with E-state index in [1.807, 2.05) is 60.7 Å². The normalized spacial score (nSPS) is 10.6. The van der Waals surface area contributed by atoms with Crippen molar-refractivity contribution in [2.45, 2.75) is 13.0 Å². The van der Waals surface area contributed by atoms with E-state index >= 15 is 0 Å². The number of hydrogen-bond acceptors (Lipinski definition) is 5. The average molecular weight is 377 g/mol. The molecule has 8 heteroatoms. The molecule has 3 aromatic rings. The lowest BCUT2D eigenvalue weighted by Crippen LogP contribution is -2.28. The summed E-state index contributed by atoms with van der Waals surface area (Å²) in [5.41, 5.74) is 8.77. The van der Waals surface area contributed by atoms with Crippen LogP contribution in [0.4, 0.5) is 17.1 Å². The molecule has 0 saturated heterocycles. The number of hydrogen-bond donors (Lipinski definition) is 1. The largest absolute Gasteiger partial charge is 0.303 e. The van der Waals surface area contributed by atoms with Crippen LogP contribution in [0.25, 0.3) is 0 Å². The number of rotatable bonds is 7. The monoisotopic (exact) mass is 377 g/mol. The van der Waals surface area contributed by atoms with Crippen LogP contribution < -0.4 is 10.9 Å². The van der Waals surface area contributed by atoms with Gasteiger partial charge in [0.1, 0.15) is 0 Å². The Kier molecular flexibility index (Phi) is 5.61. The molecule has 0 saturated carbocycles. The molecule has 0 aliphatic carbocycles. The van der Waals surface area contributed by atoms with Gasteiger partial charge < -0.3 is 0 Å². The Bertz CT molecular complexity index is 954. The lowest BCUT2D eigenvalue weighted by atomic mass is 9.99. The minimum Gasteiger partial charge on any atom is -0.258 e. The quantitative estimate of drug-likeness (QED) is 0.486. The smallest absolute Gasteiger partial charge is 0.258 e. The van der Waals surface area contributed by atoms with Crippen LogP contribution in [0.5, 0.6) is 0 Å². The molecular formula is C20H17N4O4. The summed E-state index contributed by atoms with van der Waals surface area (Å²) in [4.78, 5) is 21.1. The standard InChI is InChI=1S/C20H17N4O4/c1-14-12-17(23(25)26)13-18(24(27)28)19(14)21-22-20(15-8-4-2-5-9-15)16-10-6-3-7-11-16/h2-13,20,22H,1H3. The highest BCUT2D eigenvalue weighted by atomic mass is 16.6. The SMILES string of the molecule is Cc1cc([N+](=O)[O-])cc([N+](=O)[O-])c1[N]NC(c1ccccc1)c1ccccc1. The first-order valence-corrected chi connectivity index (χ1v) is 8.47.